The fraction of sp³-hybridized carbons (Fsp3) is 0. The highest BCUT2D eigenvalue weighted by Crippen LogP contribution is 2.05. The molecular weight excluding hydrogens is 220 g/mol. The molecular formula is C7H7BrN4. The fourth-order valence-electron chi connectivity index (χ4n) is 0.963. The van der Waals surface area contributed by atoms with E-state index in [-0.39, 0.29) is 0 Å². The smallest absolute Gasteiger partial charge is 0.171 e. The Morgan fingerprint density at radius 1 is 1.25 bits per heavy atom. The van der Waals surface area contributed by atoms with Gasteiger partial charge >= 0.3 is 0 Å². The lowest BCUT2D eigenvalue weighted by atomic mass is 10.2. The summed E-state index contributed by atoms with van der Waals surface area (Å²) in [6.07, 6.45) is 0. The van der Waals surface area contributed by atoms with E-state index in [4.69, 9.17) is 0 Å². The summed E-state index contributed by atoms with van der Waals surface area (Å²) in [6.45, 7) is 0. The van der Waals surface area contributed by atoms with Crippen LogP contribution in [0.4, 0.5) is 0 Å². The molecule has 12 heavy (non-hydrogen) atoms. The summed E-state index contributed by atoms with van der Waals surface area (Å²) < 4.78 is 1.44. The Morgan fingerprint density at radius 3 is 2.58 bits per heavy atom. The topological polar surface area (TPSA) is 39.7 Å². The average molecular weight is 227 g/mol. The molecule has 0 saturated heterocycles. The number of nitrogens with one attached hydrogen (secondary N) is 2. The molecule has 2 N–H and O–H groups in total. The van der Waals surface area contributed by atoms with Gasteiger partial charge in [-0.15, -0.1) is 14.8 Å². The molecule has 4 nitrogen and oxygen atoms in total. The maximum atomic E-state index is 4.10. The van der Waals surface area contributed by atoms with Gasteiger partial charge in [-0.3, -0.25) is 5.43 Å². The van der Waals surface area contributed by atoms with E-state index in [0.717, 1.165) is 11.4 Å². The molecule has 1 heterocycles. The number of hydrogen-bond acceptors (Lipinski definition) is 4. The van der Waals surface area contributed by atoms with Gasteiger partial charge in [0.15, 0.2) is 5.84 Å². The quantitative estimate of drug-likeness (QED) is 0.702. The number of benzene rings is 1. The zero-order chi connectivity index (χ0) is 8.39. The molecule has 0 fully saturated rings. The first-order valence-corrected chi connectivity index (χ1v) is 4.19. The van der Waals surface area contributed by atoms with Crippen molar-refractivity contribution in [3.63, 3.8) is 0 Å². The van der Waals surface area contributed by atoms with E-state index in [9.17, 15) is 0 Å². The van der Waals surface area contributed by atoms with Gasteiger partial charge in [0.05, 0.1) is 16.1 Å². The zero-order valence-electron chi connectivity index (χ0n) is 6.16. The molecule has 2 rings (SSSR count). The van der Waals surface area contributed by atoms with Gasteiger partial charge in [-0.25, -0.2) is 0 Å². The van der Waals surface area contributed by atoms with E-state index in [1.807, 2.05) is 30.3 Å². The van der Waals surface area contributed by atoms with Crippen molar-refractivity contribution in [1.29, 1.82) is 0 Å². The second kappa shape index (κ2) is 3.12. The van der Waals surface area contributed by atoms with E-state index < -0.39 is 0 Å². The van der Waals surface area contributed by atoms with E-state index in [1.165, 1.54) is 4.14 Å². The van der Waals surface area contributed by atoms with Crippen molar-refractivity contribution in [1.82, 2.24) is 15.1 Å². The number of hydrazone groups is 1. The van der Waals surface area contributed by atoms with Crippen LogP contribution in [0.5, 0.6) is 0 Å². The van der Waals surface area contributed by atoms with Gasteiger partial charge in [-0.2, -0.15) is 0 Å². The number of halogens is 1. The first kappa shape index (κ1) is 7.57. The Morgan fingerprint density at radius 2 is 2.00 bits per heavy atom. The lowest BCUT2D eigenvalue weighted by Crippen LogP contribution is -2.34. The summed E-state index contributed by atoms with van der Waals surface area (Å²) in [5.41, 5.74) is 6.71. The number of hydrazine groups is 2. The third kappa shape index (κ3) is 1.41. The summed E-state index contributed by atoms with van der Waals surface area (Å²) in [6, 6.07) is 9.88. The summed E-state index contributed by atoms with van der Waals surface area (Å²) in [5, 5.41) is 4.10. The Kier molecular flexibility index (Phi) is 1.97. The third-order valence-electron chi connectivity index (χ3n) is 1.50. The first-order chi connectivity index (χ1) is 5.86. The maximum absolute atomic E-state index is 4.10. The van der Waals surface area contributed by atoms with Crippen LogP contribution in [-0.2, 0) is 0 Å². The lowest BCUT2D eigenvalue weighted by Gasteiger charge is -1.99. The molecule has 5 heteroatoms. The van der Waals surface area contributed by atoms with E-state index in [2.05, 4.69) is 32.2 Å². The highest BCUT2D eigenvalue weighted by atomic mass is 79.9. The number of amidine groups is 1. The van der Waals surface area contributed by atoms with Crippen LogP contribution in [0.25, 0.3) is 0 Å². The minimum atomic E-state index is 0.799. The second-order valence-corrected chi connectivity index (χ2v) is 2.98. The summed E-state index contributed by atoms with van der Waals surface area (Å²) in [4.78, 5) is 0. The van der Waals surface area contributed by atoms with Gasteiger partial charge < -0.3 is 0 Å². The van der Waals surface area contributed by atoms with Crippen molar-refractivity contribution >= 4 is 22.0 Å². The van der Waals surface area contributed by atoms with Crippen LogP contribution in [0.3, 0.4) is 0 Å². The largest absolute Gasteiger partial charge is 0.284 e. The van der Waals surface area contributed by atoms with Crippen LogP contribution in [0, 0.1) is 0 Å². The van der Waals surface area contributed by atoms with E-state index >= 15 is 0 Å². The van der Waals surface area contributed by atoms with Gasteiger partial charge in [0, 0.05) is 5.56 Å². The monoisotopic (exact) mass is 226 g/mol. The van der Waals surface area contributed by atoms with Crippen LogP contribution < -0.4 is 11.0 Å². The maximum Gasteiger partial charge on any atom is 0.171 e. The van der Waals surface area contributed by atoms with Crippen molar-refractivity contribution in [2.45, 2.75) is 0 Å². The van der Waals surface area contributed by atoms with Crippen molar-refractivity contribution in [3.8, 4) is 0 Å². The normalized spacial score (nSPS) is 15.8. The van der Waals surface area contributed by atoms with Crippen LogP contribution in [0.1, 0.15) is 5.56 Å². The van der Waals surface area contributed by atoms with Crippen LogP contribution in [-0.4, -0.2) is 9.98 Å². The molecule has 0 aliphatic carbocycles. The van der Waals surface area contributed by atoms with Gasteiger partial charge in [0.2, 0.25) is 0 Å². The SMILES string of the molecule is BrN1N=C(c2ccccc2)NN1. The highest BCUT2D eigenvalue weighted by molar-refractivity contribution is 9.07. The summed E-state index contributed by atoms with van der Waals surface area (Å²) in [7, 11) is 0. The molecule has 1 aliphatic heterocycles. The predicted octanol–water partition coefficient (Wildman–Crippen LogP) is 0.983. The molecule has 1 aromatic carbocycles. The first-order valence-electron chi connectivity index (χ1n) is 3.48. The number of rotatable bonds is 1. The Bertz CT molecular complexity index is 298. The Labute approximate surface area is 78.5 Å². The number of nitrogens with zero attached hydrogens (tertiary/aromatic N) is 2. The van der Waals surface area contributed by atoms with Crippen LogP contribution in [0.2, 0.25) is 0 Å². The van der Waals surface area contributed by atoms with E-state index in [1.54, 1.807) is 0 Å². The lowest BCUT2D eigenvalue weighted by molar-refractivity contribution is 0.399. The average Bonchev–Trinajstić information content (AvgIpc) is 2.54. The summed E-state index contributed by atoms with van der Waals surface area (Å²) >= 11 is 3.15. The van der Waals surface area contributed by atoms with Crippen molar-refractivity contribution in [3.05, 3.63) is 35.9 Å². The fourth-order valence-corrected chi connectivity index (χ4v) is 1.21. The minimum Gasteiger partial charge on any atom is -0.284 e. The van der Waals surface area contributed by atoms with Crippen LogP contribution in [0.15, 0.2) is 35.4 Å². The summed E-state index contributed by atoms with van der Waals surface area (Å²) in [5.74, 6) is 0.799. The highest BCUT2D eigenvalue weighted by Gasteiger charge is 2.10. The number of hydrogen-bond donors (Lipinski definition) is 2. The van der Waals surface area contributed by atoms with Gasteiger partial charge in [0.1, 0.15) is 0 Å². The molecule has 1 aliphatic rings. The molecule has 1 aromatic rings. The Hall–Kier alpha value is -1.07. The van der Waals surface area contributed by atoms with Gasteiger partial charge in [-0.1, -0.05) is 30.3 Å². The van der Waals surface area contributed by atoms with Crippen molar-refractivity contribution < 1.29 is 0 Å². The van der Waals surface area contributed by atoms with Crippen molar-refractivity contribution in [2.24, 2.45) is 5.10 Å². The molecule has 0 bridgehead atoms. The van der Waals surface area contributed by atoms with Crippen LogP contribution >= 0.6 is 16.1 Å². The van der Waals surface area contributed by atoms with Gasteiger partial charge in [-0.05, 0) is 0 Å². The zero-order valence-corrected chi connectivity index (χ0v) is 7.75. The molecule has 0 saturated carbocycles. The molecule has 0 radical (unpaired) electrons. The standard InChI is InChI=1S/C7H7BrN4/c8-12-10-7(9-11-12)6-4-2-1-3-5-6/h1-5,11H,(H,9,10). The Balaban J connectivity index is 2.27. The van der Waals surface area contributed by atoms with E-state index in [0.29, 0.717) is 0 Å². The van der Waals surface area contributed by atoms with Gasteiger partial charge in [0.25, 0.3) is 0 Å². The second-order valence-electron chi connectivity index (χ2n) is 2.31. The minimum absolute atomic E-state index is 0.799. The molecule has 0 unspecified atom stereocenters. The third-order valence-corrected chi connectivity index (χ3v) is 1.84. The molecule has 0 spiro atoms. The van der Waals surface area contributed by atoms with Crippen molar-refractivity contribution in [2.75, 3.05) is 0 Å². The molecule has 62 valence electrons. The predicted molar refractivity (Wildman–Crippen MR) is 50.0 cm³/mol. The molecule has 0 amide bonds. The molecule has 0 aromatic heterocycles. The molecule has 0 atom stereocenters.